The second-order valence-corrected chi connectivity index (χ2v) is 10.2. The van der Waals surface area contributed by atoms with E-state index in [1.165, 1.54) is 33.7 Å². The third-order valence-corrected chi connectivity index (χ3v) is 9.00. The minimum Gasteiger partial charge on any atom is -0.377 e. The first-order valence-electron chi connectivity index (χ1n) is 9.04. The summed E-state index contributed by atoms with van der Waals surface area (Å²) in [6.45, 7) is 0. The Labute approximate surface area is 162 Å². The molecule has 2 unspecified atom stereocenters. The molecule has 1 fully saturated rings. The average Bonchev–Trinajstić information content (AvgIpc) is 3.11. The van der Waals surface area contributed by atoms with Crippen LogP contribution in [-0.4, -0.2) is 24.1 Å². The zero-order valence-corrected chi connectivity index (χ0v) is 16.1. The number of benzene rings is 1. The molecule has 1 aliphatic carbocycles. The smallest absolute Gasteiger partial charge is 0.162 e. The van der Waals surface area contributed by atoms with Gasteiger partial charge in [-0.25, -0.2) is 9.98 Å². The molecule has 1 saturated carbocycles. The number of imidazole rings is 1. The number of aromatic nitrogens is 3. The predicted molar refractivity (Wildman–Crippen MR) is 113 cm³/mol. The lowest BCUT2D eigenvalue weighted by Gasteiger charge is -2.25. The van der Waals surface area contributed by atoms with Crippen LogP contribution in [0.15, 0.2) is 60.1 Å². The van der Waals surface area contributed by atoms with Crippen LogP contribution < -0.4 is 0 Å². The van der Waals surface area contributed by atoms with Crippen molar-refractivity contribution in [1.82, 2.24) is 13.9 Å². The minimum absolute atomic E-state index is 0.537. The first-order chi connectivity index (χ1) is 13.3. The molecule has 1 aromatic carbocycles. The topological polar surface area (TPSA) is 66.2 Å². The monoisotopic (exact) mass is 394 g/mol. The number of aliphatic hydroxyl groups is 1. The highest BCUT2D eigenvalue weighted by molar-refractivity contribution is 8.29. The number of thiophene rings is 1. The van der Waals surface area contributed by atoms with Crippen molar-refractivity contribution in [3.05, 3.63) is 60.0 Å². The molecule has 0 saturated heterocycles. The van der Waals surface area contributed by atoms with Gasteiger partial charge in [-0.1, -0.05) is 17.1 Å². The van der Waals surface area contributed by atoms with Gasteiger partial charge in [0, 0.05) is 27.4 Å². The maximum atomic E-state index is 11.2. The maximum absolute atomic E-state index is 11.2. The molecule has 0 amide bonds. The van der Waals surface area contributed by atoms with Crippen molar-refractivity contribution in [3.8, 4) is 10.4 Å². The summed E-state index contributed by atoms with van der Waals surface area (Å²) in [6.07, 6.45) is 7.95. The van der Waals surface area contributed by atoms with Gasteiger partial charge in [-0.3, -0.25) is 3.97 Å². The van der Waals surface area contributed by atoms with Crippen LogP contribution in [0.4, 0.5) is 5.82 Å². The van der Waals surface area contributed by atoms with Crippen molar-refractivity contribution in [2.45, 2.75) is 18.3 Å². The maximum Gasteiger partial charge on any atom is 0.162 e. The van der Waals surface area contributed by atoms with Gasteiger partial charge in [0.05, 0.1) is 11.2 Å². The predicted octanol–water partition coefficient (Wildman–Crippen LogP) is 5.00. The van der Waals surface area contributed by atoms with E-state index in [9.17, 15) is 5.11 Å². The van der Waals surface area contributed by atoms with E-state index in [2.05, 4.69) is 50.3 Å². The highest BCUT2D eigenvalue weighted by atomic mass is 32.2. The van der Waals surface area contributed by atoms with Crippen LogP contribution in [0.2, 0.25) is 0 Å². The Morgan fingerprint density at radius 2 is 2.15 bits per heavy atom. The van der Waals surface area contributed by atoms with E-state index in [0.717, 1.165) is 16.2 Å². The average molecular weight is 395 g/mol. The Bertz CT molecular complexity index is 1180. The van der Waals surface area contributed by atoms with E-state index in [-0.39, 0.29) is 0 Å². The van der Waals surface area contributed by atoms with Crippen LogP contribution in [0.1, 0.15) is 23.2 Å². The Hall–Kier alpha value is -2.35. The molecule has 4 heterocycles. The number of fused-ring (bicyclic) bond motifs is 2. The van der Waals surface area contributed by atoms with Crippen molar-refractivity contribution in [2.75, 3.05) is 0 Å². The Morgan fingerprint density at radius 1 is 1.22 bits per heavy atom. The first kappa shape index (κ1) is 15.7. The zero-order chi connectivity index (χ0) is 18.0. The number of aliphatic imine (C=N–C) groups is 1. The molecule has 0 spiro atoms. The Morgan fingerprint density at radius 3 is 3.04 bits per heavy atom. The van der Waals surface area contributed by atoms with Crippen molar-refractivity contribution in [1.29, 1.82) is 0 Å². The summed E-state index contributed by atoms with van der Waals surface area (Å²) in [4.78, 5) is 14.4. The molecule has 5 nitrogen and oxygen atoms in total. The largest absolute Gasteiger partial charge is 0.377 e. The summed E-state index contributed by atoms with van der Waals surface area (Å²) in [7, 11) is 0. The third-order valence-electron chi connectivity index (χ3n) is 5.19. The molecule has 27 heavy (non-hydrogen) atoms. The summed E-state index contributed by atoms with van der Waals surface area (Å²) in [5.41, 5.74) is 1.79. The summed E-state index contributed by atoms with van der Waals surface area (Å²) < 4.78 is 2.08. The van der Waals surface area contributed by atoms with Crippen LogP contribution in [0.5, 0.6) is 0 Å². The molecule has 3 aromatic heterocycles. The summed E-state index contributed by atoms with van der Waals surface area (Å²) in [5.74, 6) is 1.43. The molecule has 4 aromatic rings. The zero-order valence-electron chi connectivity index (χ0n) is 14.4. The van der Waals surface area contributed by atoms with Crippen LogP contribution in [0.3, 0.4) is 0 Å². The molecular formula is C20H18N4OS2. The lowest BCUT2D eigenvalue weighted by molar-refractivity contribution is 0.272. The van der Waals surface area contributed by atoms with Crippen LogP contribution in [-0.2, 0) is 0 Å². The second-order valence-electron chi connectivity index (χ2n) is 7.04. The van der Waals surface area contributed by atoms with Crippen molar-refractivity contribution in [2.24, 2.45) is 10.9 Å². The van der Waals surface area contributed by atoms with Gasteiger partial charge in [0.25, 0.3) is 0 Å². The fourth-order valence-corrected chi connectivity index (χ4v) is 7.34. The first-order valence-corrected chi connectivity index (χ1v) is 11.2. The van der Waals surface area contributed by atoms with E-state index in [4.69, 9.17) is 4.99 Å². The summed E-state index contributed by atoms with van der Waals surface area (Å²) in [5, 5.41) is 13.6. The van der Waals surface area contributed by atoms with Crippen molar-refractivity contribution >= 4 is 44.2 Å². The van der Waals surface area contributed by atoms with Crippen LogP contribution in [0.25, 0.3) is 21.3 Å². The molecule has 6 rings (SSSR count). The van der Waals surface area contributed by atoms with Gasteiger partial charge in [-0.15, -0.1) is 11.3 Å². The van der Waals surface area contributed by atoms with Gasteiger partial charge in [0.15, 0.2) is 5.82 Å². The van der Waals surface area contributed by atoms with E-state index in [1.54, 1.807) is 17.5 Å². The Balaban J connectivity index is 1.35. The Kier molecular flexibility index (Phi) is 3.38. The lowest BCUT2D eigenvalue weighted by Crippen LogP contribution is -2.10. The van der Waals surface area contributed by atoms with E-state index >= 15 is 0 Å². The molecule has 2 N–H and O–H groups in total. The van der Waals surface area contributed by atoms with Gasteiger partial charge in [0.1, 0.15) is 11.8 Å². The fourth-order valence-electron chi connectivity index (χ4n) is 3.64. The fraction of sp³-hybridized carbons (Fsp3) is 0.200. The number of rotatable bonds is 4. The van der Waals surface area contributed by atoms with Gasteiger partial charge in [-0.2, -0.15) is 0 Å². The minimum atomic E-state index is -0.913. The molecule has 2 atom stereocenters. The number of aliphatic hydroxyl groups excluding tert-OH is 1. The molecule has 0 bridgehead atoms. The lowest BCUT2D eigenvalue weighted by atomic mass is 10.1. The number of nitrogens with zero attached hydrogens (tertiary/aromatic N) is 3. The number of aromatic amines is 1. The SMILES string of the molecule is OC(c1ccc(-c2ccc3[nH]ccc3c2)s1)[SH]1C(C2CC2)=Nc2cncn21. The van der Waals surface area contributed by atoms with E-state index < -0.39 is 16.5 Å². The van der Waals surface area contributed by atoms with Crippen molar-refractivity contribution < 1.29 is 5.11 Å². The quantitative estimate of drug-likeness (QED) is 0.426. The summed E-state index contributed by atoms with van der Waals surface area (Å²) >= 11 is 0.758. The normalized spacial score (nSPS) is 21.4. The van der Waals surface area contributed by atoms with Crippen LogP contribution in [0, 0.1) is 5.92 Å². The highest BCUT2D eigenvalue weighted by Crippen LogP contribution is 2.57. The van der Waals surface area contributed by atoms with Crippen molar-refractivity contribution in [3.63, 3.8) is 0 Å². The molecule has 1 aliphatic heterocycles. The molecule has 2 aliphatic rings. The summed E-state index contributed by atoms with van der Waals surface area (Å²) in [6, 6.07) is 12.7. The molecular weight excluding hydrogens is 376 g/mol. The molecule has 0 radical (unpaired) electrons. The van der Waals surface area contributed by atoms with E-state index in [1.807, 2.05) is 12.5 Å². The van der Waals surface area contributed by atoms with Crippen LogP contribution >= 0.6 is 22.4 Å². The number of thiol groups is 1. The molecule has 7 heteroatoms. The highest BCUT2D eigenvalue weighted by Gasteiger charge is 2.39. The number of hydrogen-bond acceptors (Lipinski definition) is 4. The standard InChI is InChI=1S/C20H18N4OS2/c25-20(27-19(12-1-2-12)23-18-10-21-11-24(18)27)17-6-5-16(26-17)14-3-4-15-13(9-14)7-8-22-15/h3-12,20,22,25,27H,1-2H2. The van der Waals surface area contributed by atoms with Gasteiger partial charge >= 0.3 is 0 Å². The third kappa shape index (κ3) is 2.50. The molecule has 136 valence electrons. The van der Waals surface area contributed by atoms with E-state index in [0.29, 0.717) is 5.92 Å². The van der Waals surface area contributed by atoms with Gasteiger partial charge < -0.3 is 10.1 Å². The number of H-pyrrole nitrogens is 1. The van der Waals surface area contributed by atoms with Gasteiger partial charge in [0.2, 0.25) is 0 Å². The van der Waals surface area contributed by atoms with Gasteiger partial charge in [-0.05, 0) is 54.1 Å². The number of hydrogen-bond donors (Lipinski definition) is 3. The number of nitrogens with one attached hydrogen (secondary N) is 1. The second kappa shape index (κ2) is 5.82.